The van der Waals surface area contributed by atoms with Crippen molar-refractivity contribution in [3.63, 3.8) is 0 Å². The molecule has 1 aromatic carbocycles. The molecule has 1 N–H and O–H groups in total. The van der Waals surface area contributed by atoms with Crippen molar-refractivity contribution in [1.29, 1.82) is 0 Å². The van der Waals surface area contributed by atoms with E-state index in [-0.39, 0.29) is 23.8 Å². The number of hydrogen-bond acceptors (Lipinski definition) is 6. The Morgan fingerprint density at radius 3 is 3.00 bits per heavy atom. The maximum atomic E-state index is 12.5. The topological polar surface area (TPSA) is 88.9 Å². The largest absolute Gasteiger partial charge is 0.497 e. The lowest BCUT2D eigenvalue weighted by Gasteiger charge is -2.24. The number of carbonyl (C=O) groups excluding carboxylic acids is 1. The predicted octanol–water partition coefficient (Wildman–Crippen LogP) is 2.55. The molecule has 152 valence electrons. The fraction of sp³-hybridized carbons (Fsp3) is 0.381. The SMILES string of the molecule is CCOC(=O)c1c[nH]n2c(=O)cc(CN3CCCC3c3cccc(OC)c3)nc12. The summed E-state index contributed by atoms with van der Waals surface area (Å²) in [5, 5.41) is 2.78. The van der Waals surface area contributed by atoms with Gasteiger partial charge in [-0.1, -0.05) is 12.1 Å². The molecule has 0 radical (unpaired) electrons. The van der Waals surface area contributed by atoms with Gasteiger partial charge in [0, 0.05) is 24.8 Å². The number of hydrogen-bond donors (Lipinski definition) is 1. The Kier molecular flexibility index (Phi) is 5.35. The molecule has 8 nitrogen and oxygen atoms in total. The lowest BCUT2D eigenvalue weighted by Crippen LogP contribution is -2.25. The summed E-state index contributed by atoms with van der Waals surface area (Å²) < 4.78 is 11.7. The van der Waals surface area contributed by atoms with Gasteiger partial charge < -0.3 is 9.47 Å². The smallest absolute Gasteiger partial charge is 0.343 e. The summed E-state index contributed by atoms with van der Waals surface area (Å²) in [6.45, 7) is 3.45. The third-order valence-electron chi connectivity index (χ3n) is 5.25. The van der Waals surface area contributed by atoms with E-state index in [9.17, 15) is 9.59 Å². The Morgan fingerprint density at radius 1 is 1.34 bits per heavy atom. The van der Waals surface area contributed by atoms with Crippen LogP contribution in [0, 0.1) is 0 Å². The second-order valence-electron chi connectivity index (χ2n) is 7.06. The Balaban J connectivity index is 1.63. The molecule has 1 fully saturated rings. The fourth-order valence-corrected chi connectivity index (χ4v) is 3.92. The highest BCUT2D eigenvalue weighted by Gasteiger charge is 2.27. The Labute approximate surface area is 168 Å². The fourth-order valence-electron chi connectivity index (χ4n) is 3.92. The number of aromatic amines is 1. The minimum atomic E-state index is -0.495. The number of ether oxygens (including phenoxy) is 2. The zero-order valence-corrected chi connectivity index (χ0v) is 16.6. The molecular weight excluding hydrogens is 372 g/mol. The highest BCUT2D eigenvalue weighted by atomic mass is 16.5. The van der Waals surface area contributed by atoms with Gasteiger partial charge >= 0.3 is 5.97 Å². The number of methoxy groups -OCH3 is 1. The van der Waals surface area contributed by atoms with Crippen LogP contribution in [0.4, 0.5) is 0 Å². The van der Waals surface area contributed by atoms with Crippen LogP contribution in [0.15, 0.2) is 41.3 Å². The number of benzene rings is 1. The first kappa shape index (κ1) is 19.2. The molecule has 1 aliphatic rings. The summed E-state index contributed by atoms with van der Waals surface area (Å²) in [7, 11) is 1.66. The van der Waals surface area contributed by atoms with Crippen LogP contribution in [0.2, 0.25) is 0 Å². The van der Waals surface area contributed by atoms with E-state index in [2.05, 4.69) is 27.1 Å². The summed E-state index contributed by atoms with van der Waals surface area (Å²) in [5.74, 6) is 0.337. The number of H-pyrrole nitrogens is 1. The normalized spacial score (nSPS) is 17.0. The molecule has 29 heavy (non-hydrogen) atoms. The quantitative estimate of drug-likeness (QED) is 0.644. The number of nitrogens with one attached hydrogen (secondary N) is 1. The van der Waals surface area contributed by atoms with Crippen molar-refractivity contribution in [2.45, 2.75) is 32.4 Å². The van der Waals surface area contributed by atoms with Gasteiger partial charge in [0.05, 0.1) is 19.4 Å². The van der Waals surface area contributed by atoms with Crippen LogP contribution in [0.1, 0.15) is 47.4 Å². The number of carbonyl (C=O) groups is 1. The van der Waals surface area contributed by atoms with Crippen LogP contribution in [-0.4, -0.2) is 45.7 Å². The average molecular weight is 396 g/mol. The van der Waals surface area contributed by atoms with Crippen LogP contribution < -0.4 is 10.3 Å². The summed E-state index contributed by atoms with van der Waals surface area (Å²) >= 11 is 0. The minimum absolute atomic E-state index is 0.237. The van der Waals surface area contributed by atoms with Crippen LogP contribution in [0.5, 0.6) is 5.75 Å². The molecule has 1 unspecified atom stereocenters. The van der Waals surface area contributed by atoms with Gasteiger partial charge in [0.2, 0.25) is 0 Å². The molecule has 3 aromatic rings. The van der Waals surface area contributed by atoms with E-state index in [0.717, 1.165) is 25.1 Å². The standard InChI is InChI=1S/C21H24N4O4/c1-3-29-21(27)17-12-22-25-19(26)11-15(23-20(17)25)13-24-9-5-8-18(24)14-6-4-7-16(10-14)28-2/h4,6-7,10-12,18,22H,3,5,8-9,13H2,1-2H3. The van der Waals surface area contributed by atoms with E-state index in [1.54, 1.807) is 14.0 Å². The van der Waals surface area contributed by atoms with Crippen LogP contribution >= 0.6 is 0 Å². The zero-order chi connectivity index (χ0) is 20.4. The Hall–Kier alpha value is -3.13. The van der Waals surface area contributed by atoms with Gasteiger partial charge in [-0.2, -0.15) is 0 Å². The van der Waals surface area contributed by atoms with E-state index in [1.807, 2.05) is 12.1 Å². The molecule has 8 heteroatoms. The van der Waals surface area contributed by atoms with E-state index in [4.69, 9.17) is 9.47 Å². The van der Waals surface area contributed by atoms with Crippen molar-refractivity contribution in [1.82, 2.24) is 19.5 Å². The van der Waals surface area contributed by atoms with Gasteiger partial charge in [-0.05, 0) is 44.0 Å². The van der Waals surface area contributed by atoms with Crippen LogP contribution in [0.25, 0.3) is 5.65 Å². The van der Waals surface area contributed by atoms with Crippen molar-refractivity contribution in [2.75, 3.05) is 20.3 Å². The Morgan fingerprint density at radius 2 is 2.21 bits per heavy atom. The molecule has 1 atom stereocenters. The second-order valence-corrected chi connectivity index (χ2v) is 7.06. The molecule has 0 amide bonds. The summed E-state index contributed by atoms with van der Waals surface area (Å²) in [6.07, 6.45) is 3.56. The molecule has 1 saturated heterocycles. The summed E-state index contributed by atoms with van der Waals surface area (Å²) in [5.41, 5.74) is 2.13. The van der Waals surface area contributed by atoms with Crippen molar-refractivity contribution in [2.24, 2.45) is 0 Å². The first-order valence-corrected chi connectivity index (χ1v) is 9.76. The highest BCUT2D eigenvalue weighted by molar-refractivity contribution is 5.95. The second kappa shape index (κ2) is 8.08. The first-order chi connectivity index (χ1) is 14.1. The molecule has 4 rings (SSSR count). The number of nitrogens with zero attached hydrogens (tertiary/aromatic N) is 3. The molecule has 2 aromatic heterocycles. The van der Waals surface area contributed by atoms with E-state index >= 15 is 0 Å². The van der Waals surface area contributed by atoms with Crippen molar-refractivity contribution in [3.8, 4) is 5.75 Å². The molecule has 0 saturated carbocycles. The molecular formula is C21H24N4O4. The number of aromatic nitrogens is 3. The van der Waals surface area contributed by atoms with Crippen molar-refractivity contribution in [3.05, 3.63) is 63.7 Å². The first-order valence-electron chi connectivity index (χ1n) is 9.76. The third-order valence-corrected chi connectivity index (χ3v) is 5.25. The van der Waals surface area contributed by atoms with E-state index in [1.165, 1.54) is 22.3 Å². The lowest BCUT2D eigenvalue weighted by molar-refractivity contribution is 0.0528. The van der Waals surface area contributed by atoms with Gasteiger partial charge in [-0.25, -0.2) is 14.3 Å². The zero-order valence-electron chi connectivity index (χ0n) is 16.6. The van der Waals surface area contributed by atoms with Gasteiger partial charge in [0.15, 0.2) is 5.65 Å². The maximum absolute atomic E-state index is 12.5. The van der Waals surface area contributed by atoms with Crippen LogP contribution in [-0.2, 0) is 11.3 Å². The maximum Gasteiger partial charge on any atom is 0.343 e. The van der Waals surface area contributed by atoms with Crippen LogP contribution in [0.3, 0.4) is 0 Å². The van der Waals surface area contributed by atoms with Gasteiger partial charge in [0.25, 0.3) is 5.56 Å². The van der Waals surface area contributed by atoms with E-state index < -0.39 is 5.97 Å². The molecule has 3 heterocycles. The number of fused-ring (bicyclic) bond motifs is 1. The average Bonchev–Trinajstić information content (AvgIpc) is 3.35. The number of esters is 1. The molecule has 1 aliphatic heterocycles. The van der Waals surface area contributed by atoms with Crippen molar-refractivity contribution >= 4 is 11.6 Å². The van der Waals surface area contributed by atoms with E-state index in [0.29, 0.717) is 17.9 Å². The minimum Gasteiger partial charge on any atom is -0.497 e. The number of rotatable bonds is 6. The van der Waals surface area contributed by atoms with Gasteiger partial charge in [0.1, 0.15) is 11.3 Å². The lowest BCUT2D eigenvalue weighted by atomic mass is 10.0. The third kappa shape index (κ3) is 3.75. The monoisotopic (exact) mass is 396 g/mol. The Bertz CT molecular complexity index is 1090. The number of likely N-dealkylation sites (tertiary alicyclic amines) is 1. The predicted molar refractivity (Wildman–Crippen MR) is 107 cm³/mol. The highest BCUT2D eigenvalue weighted by Crippen LogP contribution is 2.34. The van der Waals surface area contributed by atoms with Gasteiger partial charge in [-0.3, -0.25) is 14.8 Å². The molecule has 0 bridgehead atoms. The summed E-state index contributed by atoms with van der Waals surface area (Å²) in [4.78, 5) is 31.6. The van der Waals surface area contributed by atoms with Crippen molar-refractivity contribution < 1.29 is 14.3 Å². The summed E-state index contributed by atoms with van der Waals surface area (Å²) in [6, 6.07) is 9.83. The molecule has 0 aliphatic carbocycles. The van der Waals surface area contributed by atoms with Gasteiger partial charge in [-0.15, -0.1) is 0 Å². The molecule has 0 spiro atoms.